The lowest BCUT2D eigenvalue weighted by Crippen LogP contribution is -2.47. The van der Waals surface area contributed by atoms with Crippen LogP contribution in [-0.4, -0.2) is 61.3 Å². The molecule has 26 heavy (non-hydrogen) atoms. The van der Waals surface area contributed by atoms with Gasteiger partial charge in [-0.2, -0.15) is 0 Å². The number of ether oxygens (including phenoxy) is 1. The van der Waals surface area contributed by atoms with E-state index in [4.69, 9.17) is 4.74 Å². The van der Waals surface area contributed by atoms with Gasteiger partial charge in [-0.3, -0.25) is 4.90 Å². The number of nitrogens with zero attached hydrogens (tertiary/aromatic N) is 2. The van der Waals surface area contributed by atoms with E-state index >= 15 is 0 Å². The molecule has 5 heteroatoms. The molecule has 1 atom stereocenters. The number of urea groups is 1. The molecule has 2 amide bonds. The Balaban J connectivity index is 1.43. The Morgan fingerprint density at radius 1 is 1.19 bits per heavy atom. The molecule has 3 rings (SSSR count). The molecule has 0 aromatic heterocycles. The van der Waals surface area contributed by atoms with E-state index in [1.807, 2.05) is 11.9 Å². The van der Waals surface area contributed by atoms with Crippen LogP contribution in [0.3, 0.4) is 0 Å². The van der Waals surface area contributed by atoms with E-state index in [1.54, 1.807) is 0 Å². The van der Waals surface area contributed by atoms with Gasteiger partial charge in [0.15, 0.2) is 0 Å². The van der Waals surface area contributed by atoms with Gasteiger partial charge in [0.1, 0.15) is 0 Å². The molecule has 5 nitrogen and oxygen atoms in total. The summed E-state index contributed by atoms with van der Waals surface area (Å²) in [7, 11) is 1.91. The zero-order valence-electron chi connectivity index (χ0n) is 16.0. The summed E-state index contributed by atoms with van der Waals surface area (Å²) in [6.07, 6.45) is 6.72. The van der Waals surface area contributed by atoms with Gasteiger partial charge < -0.3 is 15.0 Å². The number of hydrogen-bond donors (Lipinski definition) is 1. The highest BCUT2D eigenvalue weighted by Gasteiger charge is 2.24. The molecule has 0 radical (unpaired) electrons. The van der Waals surface area contributed by atoms with Crippen LogP contribution < -0.4 is 5.32 Å². The average Bonchev–Trinajstić information content (AvgIpc) is 2.70. The summed E-state index contributed by atoms with van der Waals surface area (Å²) >= 11 is 0. The highest BCUT2D eigenvalue weighted by molar-refractivity contribution is 5.74. The van der Waals surface area contributed by atoms with E-state index in [0.717, 1.165) is 52.1 Å². The van der Waals surface area contributed by atoms with Crippen LogP contribution in [0.2, 0.25) is 0 Å². The van der Waals surface area contributed by atoms with Crippen molar-refractivity contribution in [1.82, 2.24) is 15.1 Å². The lowest BCUT2D eigenvalue weighted by molar-refractivity contribution is 0.0524. The highest BCUT2D eigenvalue weighted by Crippen LogP contribution is 2.21. The number of benzene rings is 1. The quantitative estimate of drug-likeness (QED) is 0.848. The van der Waals surface area contributed by atoms with Gasteiger partial charge in [-0.15, -0.1) is 0 Å². The van der Waals surface area contributed by atoms with Crippen LogP contribution in [0.4, 0.5) is 4.79 Å². The minimum absolute atomic E-state index is 0.0577. The first-order valence-corrected chi connectivity index (χ1v) is 10.1. The predicted molar refractivity (Wildman–Crippen MR) is 104 cm³/mol. The van der Waals surface area contributed by atoms with Gasteiger partial charge in [0, 0.05) is 45.4 Å². The fourth-order valence-electron chi connectivity index (χ4n) is 4.12. The summed E-state index contributed by atoms with van der Waals surface area (Å²) in [5.74, 6) is 0. The first kappa shape index (κ1) is 19.2. The zero-order chi connectivity index (χ0) is 18.2. The van der Waals surface area contributed by atoms with Gasteiger partial charge >= 0.3 is 6.03 Å². The Morgan fingerprint density at radius 2 is 1.96 bits per heavy atom. The Morgan fingerprint density at radius 3 is 2.73 bits per heavy atom. The molecule has 1 N–H and O–H groups in total. The number of rotatable bonds is 6. The van der Waals surface area contributed by atoms with Crippen molar-refractivity contribution in [3.05, 3.63) is 35.9 Å². The first-order valence-electron chi connectivity index (χ1n) is 10.1. The van der Waals surface area contributed by atoms with Crippen LogP contribution in [0, 0.1) is 0 Å². The molecule has 1 aromatic rings. The number of carbonyl (C=O) groups is 1. The third-order valence-electron chi connectivity index (χ3n) is 5.79. The number of hydrogen-bond acceptors (Lipinski definition) is 3. The predicted octanol–water partition coefficient (Wildman–Crippen LogP) is 3.25. The fraction of sp³-hybridized carbons (Fsp3) is 0.667. The zero-order valence-corrected chi connectivity index (χ0v) is 16.0. The summed E-state index contributed by atoms with van der Waals surface area (Å²) in [5.41, 5.74) is 1.38. The molecule has 2 aliphatic heterocycles. The van der Waals surface area contributed by atoms with E-state index < -0.39 is 0 Å². The number of amides is 2. The third kappa shape index (κ3) is 5.45. The molecular formula is C21H33N3O2. The van der Waals surface area contributed by atoms with Gasteiger partial charge in [0.25, 0.3) is 0 Å². The van der Waals surface area contributed by atoms with Crippen LogP contribution >= 0.6 is 0 Å². The van der Waals surface area contributed by atoms with Gasteiger partial charge in [-0.05, 0) is 44.2 Å². The molecule has 2 aliphatic rings. The number of piperidine rings is 1. The minimum atomic E-state index is 0.0577. The molecule has 2 saturated heterocycles. The normalized spacial score (nSPS) is 22.1. The second-order valence-corrected chi connectivity index (χ2v) is 7.58. The van der Waals surface area contributed by atoms with E-state index in [2.05, 4.69) is 40.5 Å². The molecule has 2 heterocycles. The Hall–Kier alpha value is -1.59. The summed E-state index contributed by atoms with van der Waals surface area (Å²) in [5, 5.41) is 3.13. The maximum absolute atomic E-state index is 12.4. The smallest absolute Gasteiger partial charge is 0.317 e. The summed E-state index contributed by atoms with van der Waals surface area (Å²) in [6, 6.07) is 11.6. The van der Waals surface area contributed by atoms with Gasteiger partial charge in [-0.1, -0.05) is 36.8 Å². The van der Waals surface area contributed by atoms with Crippen molar-refractivity contribution in [3.8, 4) is 0 Å². The van der Waals surface area contributed by atoms with E-state index in [9.17, 15) is 4.79 Å². The molecule has 144 valence electrons. The van der Waals surface area contributed by atoms with Gasteiger partial charge in [0.2, 0.25) is 0 Å². The maximum Gasteiger partial charge on any atom is 0.317 e. The Labute approximate surface area is 157 Å². The lowest BCUT2D eigenvalue weighted by Gasteiger charge is -2.36. The Bertz CT molecular complexity index is 545. The molecule has 1 aromatic carbocycles. The first-order chi connectivity index (χ1) is 12.7. The average molecular weight is 360 g/mol. The largest absolute Gasteiger partial charge is 0.381 e. The van der Waals surface area contributed by atoms with Crippen molar-refractivity contribution in [2.24, 2.45) is 0 Å². The van der Waals surface area contributed by atoms with Crippen molar-refractivity contribution in [2.75, 3.05) is 33.4 Å². The van der Waals surface area contributed by atoms with Crippen molar-refractivity contribution in [2.45, 2.75) is 57.2 Å². The van der Waals surface area contributed by atoms with Crippen molar-refractivity contribution in [3.63, 3.8) is 0 Å². The highest BCUT2D eigenvalue weighted by atomic mass is 16.5. The topological polar surface area (TPSA) is 44.8 Å². The second-order valence-electron chi connectivity index (χ2n) is 7.58. The number of nitrogens with one attached hydrogen (secondary N) is 1. The van der Waals surface area contributed by atoms with Crippen molar-refractivity contribution in [1.29, 1.82) is 0 Å². The molecule has 0 spiro atoms. The second kappa shape index (κ2) is 9.93. The monoisotopic (exact) mass is 359 g/mol. The molecule has 2 fully saturated rings. The number of likely N-dealkylation sites (tertiary alicyclic amines) is 1. The van der Waals surface area contributed by atoms with E-state index in [0.29, 0.717) is 12.1 Å². The van der Waals surface area contributed by atoms with Crippen LogP contribution in [0.5, 0.6) is 0 Å². The van der Waals surface area contributed by atoms with Crippen molar-refractivity contribution < 1.29 is 9.53 Å². The fourth-order valence-corrected chi connectivity index (χ4v) is 4.12. The lowest BCUT2D eigenvalue weighted by atomic mass is 9.98. The van der Waals surface area contributed by atoms with Gasteiger partial charge in [-0.25, -0.2) is 4.79 Å². The van der Waals surface area contributed by atoms with Crippen LogP contribution in [0.25, 0.3) is 0 Å². The van der Waals surface area contributed by atoms with Crippen LogP contribution in [0.15, 0.2) is 30.3 Å². The van der Waals surface area contributed by atoms with Gasteiger partial charge in [0.05, 0.1) is 0 Å². The summed E-state index contributed by atoms with van der Waals surface area (Å²) in [4.78, 5) is 16.9. The number of carbonyl (C=O) groups excluding carboxylic acids is 1. The standard InChI is InChI=1S/C21H33N3O2/c1-23(19-11-15-26-16-12-19)21(25)22-13-10-20-9-5-6-14-24(20)17-18-7-3-2-4-8-18/h2-4,7-8,19-20H,5-6,9-17H2,1H3,(H,22,25). The SMILES string of the molecule is CN(C(=O)NCCC1CCCCN1Cc1ccccc1)C1CCOCC1. The molecule has 1 unspecified atom stereocenters. The van der Waals surface area contributed by atoms with E-state index in [1.165, 1.54) is 24.8 Å². The Kier molecular flexibility index (Phi) is 7.32. The molecular weight excluding hydrogens is 326 g/mol. The summed E-state index contributed by atoms with van der Waals surface area (Å²) < 4.78 is 5.39. The molecule has 0 saturated carbocycles. The minimum Gasteiger partial charge on any atom is -0.381 e. The van der Waals surface area contributed by atoms with E-state index in [-0.39, 0.29) is 6.03 Å². The third-order valence-corrected chi connectivity index (χ3v) is 5.79. The molecule has 0 aliphatic carbocycles. The van der Waals surface area contributed by atoms with Crippen LogP contribution in [0.1, 0.15) is 44.1 Å². The summed E-state index contributed by atoms with van der Waals surface area (Å²) in [6.45, 7) is 4.46. The molecule has 0 bridgehead atoms. The van der Waals surface area contributed by atoms with Crippen LogP contribution in [-0.2, 0) is 11.3 Å². The van der Waals surface area contributed by atoms with Crippen molar-refractivity contribution >= 4 is 6.03 Å². The maximum atomic E-state index is 12.4.